The van der Waals surface area contributed by atoms with Gasteiger partial charge in [-0.1, -0.05) is 74.5 Å². The molecule has 4 heteroatoms. The van der Waals surface area contributed by atoms with E-state index in [0.717, 1.165) is 11.1 Å². The van der Waals surface area contributed by atoms with Crippen molar-refractivity contribution < 1.29 is 9.59 Å². The van der Waals surface area contributed by atoms with E-state index in [1.54, 1.807) is 24.3 Å². The number of hydrogen-bond acceptors (Lipinski definition) is 2. The summed E-state index contributed by atoms with van der Waals surface area (Å²) in [6.45, 7) is 3.68. The number of amides is 2. The van der Waals surface area contributed by atoms with Crippen LogP contribution in [0.2, 0.25) is 0 Å². The molecule has 148 valence electrons. The van der Waals surface area contributed by atoms with Crippen LogP contribution in [0.5, 0.6) is 0 Å². The molecule has 29 heavy (non-hydrogen) atoms. The van der Waals surface area contributed by atoms with Crippen molar-refractivity contribution in [3.05, 3.63) is 102 Å². The van der Waals surface area contributed by atoms with E-state index < -0.39 is 0 Å². The Morgan fingerprint density at radius 3 is 1.97 bits per heavy atom. The summed E-state index contributed by atoms with van der Waals surface area (Å²) in [4.78, 5) is 24.7. The summed E-state index contributed by atoms with van der Waals surface area (Å²) in [6.07, 6.45) is 0.707. The van der Waals surface area contributed by atoms with Crippen molar-refractivity contribution in [2.75, 3.05) is 5.32 Å². The predicted octanol–water partition coefficient (Wildman–Crippen LogP) is 4.99. The fraction of sp³-hybridized carbons (Fsp3) is 0.200. The molecule has 2 N–H and O–H groups in total. The van der Waals surface area contributed by atoms with Crippen LogP contribution in [0, 0.1) is 5.92 Å². The van der Waals surface area contributed by atoms with Crippen LogP contribution in [0.4, 0.5) is 5.69 Å². The summed E-state index contributed by atoms with van der Waals surface area (Å²) in [5, 5.41) is 5.99. The molecular formula is C25H26N2O2. The minimum Gasteiger partial charge on any atom is -0.345 e. The van der Waals surface area contributed by atoms with Crippen molar-refractivity contribution in [3.8, 4) is 0 Å². The Kier molecular flexibility index (Phi) is 6.80. The molecular weight excluding hydrogens is 360 g/mol. The highest BCUT2D eigenvalue weighted by molar-refractivity contribution is 5.96. The van der Waals surface area contributed by atoms with Crippen molar-refractivity contribution in [2.45, 2.75) is 26.3 Å². The lowest BCUT2D eigenvalue weighted by atomic mass is 9.98. The normalized spacial score (nSPS) is 11.7. The molecule has 0 heterocycles. The maximum absolute atomic E-state index is 12.9. The van der Waals surface area contributed by atoms with Crippen molar-refractivity contribution >= 4 is 17.5 Å². The summed E-state index contributed by atoms with van der Waals surface area (Å²) in [5.74, 6) is -0.284. The molecule has 0 aliphatic heterocycles. The highest BCUT2D eigenvalue weighted by atomic mass is 16.2. The summed E-state index contributed by atoms with van der Waals surface area (Å²) < 4.78 is 0. The molecule has 4 nitrogen and oxygen atoms in total. The van der Waals surface area contributed by atoms with Crippen LogP contribution >= 0.6 is 0 Å². The topological polar surface area (TPSA) is 58.2 Å². The first-order valence-corrected chi connectivity index (χ1v) is 9.83. The monoisotopic (exact) mass is 386 g/mol. The average Bonchev–Trinajstić information content (AvgIpc) is 2.75. The molecule has 3 aromatic carbocycles. The summed E-state index contributed by atoms with van der Waals surface area (Å²) in [5.41, 5.74) is 3.46. The Morgan fingerprint density at radius 1 is 0.793 bits per heavy atom. The molecule has 3 aromatic rings. The van der Waals surface area contributed by atoms with Gasteiger partial charge in [0.25, 0.3) is 5.91 Å². The minimum atomic E-state index is -0.142. The van der Waals surface area contributed by atoms with Gasteiger partial charge in [0.2, 0.25) is 5.91 Å². The number of carbonyl (C=O) groups is 2. The van der Waals surface area contributed by atoms with Crippen LogP contribution in [-0.4, -0.2) is 11.8 Å². The molecule has 0 aliphatic rings. The van der Waals surface area contributed by atoms with Gasteiger partial charge in [-0.05, 0) is 41.8 Å². The number of hydrogen-bond donors (Lipinski definition) is 2. The van der Waals surface area contributed by atoms with E-state index in [2.05, 4.69) is 22.8 Å². The van der Waals surface area contributed by atoms with Crippen LogP contribution < -0.4 is 10.6 Å². The Labute approximate surface area is 172 Å². The summed E-state index contributed by atoms with van der Waals surface area (Å²) in [7, 11) is 0. The zero-order valence-electron chi connectivity index (χ0n) is 16.8. The van der Waals surface area contributed by atoms with E-state index in [1.165, 1.54) is 0 Å². The Hall–Kier alpha value is -3.40. The smallest absolute Gasteiger partial charge is 0.251 e. The first-order chi connectivity index (χ1) is 14.0. The number of nitrogens with one attached hydrogen (secondary N) is 2. The van der Waals surface area contributed by atoms with Crippen LogP contribution in [0.15, 0.2) is 84.9 Å². The minimum absolute atomic E-state index is 0.0470. The maximum Gasteiger partial charge on any atom is 0.251 e. The number of anilines is 1. The SMILES string of the molecule is CC(C)C(=O)Nc1ccc(C(=O)NC(Cc2ccccc2)c2ccccc2)cc1. The maximum atomic E-state index is 12.9. The average molecular weight is 386 g/mol. The fourth-order valence-electron chi connectivity index (χ4n) is 3.02. The van der Waals surface area contributed by atoms with Crippen molar-refractivity contribution in [1.82, 2.24) is 5.32 Å². The van der Waals surface area contributed by atoms with Gasteiger partial charge in [-0.2, -0.15) is 0 Å². The molecule has 0 aromatic heterocycles. The summed E-state index contributed by atoms with van der Waals surface area (Å²) in [6, 6.07) is 26.9. The van der Waals surface area contributed by atoms with Gasteiger partial charge in [0.1, 0.15) is 0 Å². The van der Waals surface area contributed by atoms with E-state index in [9.17, 15) is 9.59 Å². The van der Waals surface area contributed by atoms with Crippen molar-refractivity contribution in [2.24, 2.45) is 5.92 Å². The highest BCUT2D eigenvalue weighted by Crippen LogP contribution is 2.20. The molecule has 2 amide bonds. The first-order valence-electron chi connectivity index (χ1n) is 9.83. The number of benzene rings is 3. The second kappa shape index (κ2) is 9.69. The lowest BCUT2D eigenvalue weighted by molar-refractivity contribution is -0.118. The van der Waals surface area contributed by atoms with E-state index in [0.29, 0.717) is 17.7 Å². The third kappa shape index (κ3) is 5.79. The molecule has 1 unspecified atom stereocenters. The zero-order chi connectivity index (χ0) is 20.6. The summed E-state index contributed by atoms with van der Waals surface area (Å²) >= 11 is 0. The van der Waals surface area contributed by atoms with Gasteiger partial charge in [-0.15, -0.1) is 0 Å². The largest absolute Gasteiger partial charge is 0.345 e. The van der Waals surface area contributed by atoms with E-state index in [4.69, 9.17) is 0 Å². The van der Waals surface area contributed by atoms with Crippen LogP contribution in [0.25, 0.3) is 0 Å². The Balaban J connectivity index is 1.73. The van der Waals surface area contributed by atoms with Crippen LogP contribution in [-0.2, 0) is 11.2 Å². The molecule has 0 aliphatic carbocycles. The molecule has 1 atom stereocenters. The molecule has 0 saturated carbocycles. The van der Waals surface area contributed by atoms with Gasteiger partial charge in [-0.25, -0.2) is 0 Å². The molecule has 3 rings (SSSR count). The molecule has 0 saturated heterocycles. The van der Waals surface area contributed by atoms with Crippen molar-refractivity contribution in [1.29, 1.82) is 0 Å². The van der Waals surface area contributed by atoms with Gasteiger partial charge in [-0.3, -0.25) is 9.59 Å². The van der Waals surface area contributed by atoms with Gasteiger partial charge < -0.3 is 10.6 Å². The van der Waals surface area contributed by atoms with Crippen LogP contribution in [0.3, 0.4) is 0 Å². The highest BCUT2D eigenvalue weighted by Gasteiger charge is 2.16. The number of carbonyl (C=O) groups excluding carboxylic acids is 2. The lowest BCUT2D eigenvalue weighted by Gasteiger charge is -2.20. The molecule has 0 bridgehead atoms. The van der Waals surface area contributed by atoms with Crippen LogP contribution in [0.1, 0.15) is 41.4 Å². The lowest BCUT2D eigenvalue weighted by Crippen LogP contribution is -2.30. The molecule has 0 spiro atoms. The Morgan fingerprint density at radius 2 is 1.38 bits per heavy atom. The second-order valence-electron chi connectivity index (χ2n) is 7.35. The zero-order valence-corrected chi connectivity index (χ0v) is 16.8. The third-order valence-corrected chi connectivity index (χ3v) is 4.73. The van der Waals surface area contributed by atoms with Gasteiger partial charge >= 0.3 is 0 Å². The van der Waals surface area contributed by atoms with E-state index in [1.807, 2.05) is 62.4 Å². The fourth-order valence-corrected chi connectivity index (χ4v) is 3.02. The van der Waals surface area contributed by atoms with Gasteiger partial charge in [0.15, 0.2) is 0 Å². The number of rotatable bonds is 7. The predicted molar refractivity (Wildman–Crippen MR) is 117 cm³/mol. The second-order valence-corrected chi connectivity index (χ2v) is 7.35. The van der Waals surface area contributed by atoms with E-state index >= 15 is 0 Å². The van der Waals surface area contributed by atoms with Gasteiger partial charge in [0, 0.05) is 17.2 Å². The first kappa shape index (κ1) is 20.3. The molecule has 0 radical (unpaired) electrons. The molecule has 0 fully saturated rings. The van der Waals surface area contributed by atoms with E-state index in [-0.39, 0.29) is 23.8 Å². The van der Waals surface area contributed by atoms with Crippen molar-refractivity contribution in [3.63, 3.8) is 0 Å². The Bertz CT molecular complexity index is 936. The van der Waals surface area contributed by atoms with Gasteiger partial charge in [0.05, 0.1) is 6.04 Å². The quantitative estimate of drug-likeness (QED) is 0.601. The standard InChI is InChI=1S/C25H26N2O2/c1-18(2)24(28)26-22-15-13-21(14-16-22)25(29)27-23(20-11-7-4-8-12-20)17-19-9-5-3-6-10-19/h3-16,18,23H,17H2,1-2H3,(H,26,28)(H,27,29). The third-order valence-electron chi connectivity index (χ3n) is 4.73.